The van der Waals surface area contributed by atoms with Gasteiger partial charge in [-0.2, -0.15) is 0 Å². The van der Waals surface area contributed by atoms with Crippen molar-refractivity contribution in [3.63, 3.8) is 0 Å². The minimum absolute atomic E-state index is 0.0410. The molecule has 0 aromatic carbocycles. The minimum Gasteiger partial charge on any atom is -0.347 e. The van der Waals surface area contributed by atoms with E-state index in [1.165, 1.54) is 0 Å². The number of hydrogen-bond acceptors (Lipinski definition) is 2. The SMILES string of the molecule is CC1(C)C2C[C@H](NC(=O)c3cc4c(Cl)ccnc4[nH]3)C(C)(C)C1C2(C)C. The van der Waals surface area contributed by atoms with E-state index in [2.05, 4.69) is 56.8 Å². The highest BCUT2D eigenvalue weighted by molar-refractivity contribution is 6.35. The van der Waals surface area contributed by atoms with Crippen LogP contribution in [0.4, 0.5) is 0 Å². The Morgan fingerprint density at radius 3 is 2.42 bits per heavy atom. The van der Waals surface area contributed by atoms with Gasteiger partial charge in [0.15, 0.2) is 0 Å². The maximum atomic E-state index is 12.9. The van der Waals surface area contributed by atoms with Crippen LogP contribution in [0, 0.1) is 28.1 Å². The fourth-order valence-electron chi connectivity index (χ4n) is 7.09. The highest BCUT2D eigenvalue weighted by Crippen LogP contribution is 2.74. The molecule has 1 amide bonds. The molecule has 0 spiro atoms. The summed E-state index contributed by atoms with van der Waals surface area (Å²) in [6.07, 6.45) is 2.67. The van der Waals surface area contributed by atoms with Gasteiger partial charge in [-0.05, 0) is 46.6 Å². The van der Waals surface area contributed by atoms with E-state index in [1.54, 1.807) is 18.3 Å². The summed E-state index contributed by atoms with van der Waals surface area (Å²) >= 11 is 6.21. The second kappa shape index (κ2) is 5.25. The number of pyridine rings is 1. The van der Waals surface area contributed by atoms with Gasteiger partial charge in [0.25, 0.3) is 5.91 Å². The van der Waals surface area contributed by atoms with Crippen LogP contribution >= 0.6 is 11.6 Å². The number of hydrogen-bond donors (Lipinski definition) is 2. The number of aromatic nitrogens is 2. The summed E-state index contributed by atoms with van der Waals surface area (Å²) in [6.45, 7) is 14.2. The van der Waals surface area contributed by atoms with E-state index in [1.807, 2.05) is 0 Å². The number of aromatic amines is 1. The molecule has 0 saturated heterocycles. The maximum absolute atomic E-state index is 12.9. The average Bonchev–Trinajstić information content (AvgIpc) is 2.94. The van der Waals surface area contributed by atoms with E-state index in [0.717, 1.165) is 11.8 Å². The number of halogens is 1. The third kappa shape index (κ3) is 2.20. The molecule has 1 atom stereocenters. The van der Waals surface area contributed by atoms with Crippen LogP contribution < -0.4 is 5.32 Å². The molecule has 2 heterocycles. The monoisotopic (exact) mass is 373 g/mol. The number of carbonyl (C=O) groups excluding carboxylic acids is 1. The van der Waals surface area contributed by atoms with Gasteiger partial charge in [-0.25, -0.2) is 4.98 Å². The van der Waals surface area contributed by atoms with Crippen molar-refractivity contribution in [1.29, 1.82) is 0 Å². The number of carbonyl (C=O) groups is 1. The van der Waals surface area contributed by atoms with Gasteiger partial charge in [-0.3, -0.25) is 4.79 Å². The molecular formula is C21H28ClN3O. The maximum Gasteiger partial charge on any atom is 0.268 e. The Hall–Kier alpha value is -1.55. The molecule has 5 heteroatoms. The molecule has 0 aliphatic heterocycles. The summed E-state index contributed by atoms with van der Waals surface area (Å²) in [5, 5.41) is 4.69. The topological polar surface area (TPSA) is 57.8 Å². The number of fused-ring (bicyclic) bond motifs is 3. The summed E-state index contributed by atoms with van der Waals surface area (Å²) < 4.78 is 0. The predicted octanol–water partition coefficient (Wildman–Crippen LogP) is 5.04. The lowest BCUT2D eigenvalue weighted by Crippen LogP contribution is -2.73. The Morgan fingerprint density at radius 1 is 1.19 bits per heavy atom. The van der Waals surface area contributed by atoms with Crippen LogP contribution in [-0.4, -0.2) is 21.9 Å². The van der Waals surface area contributed by atoms with E-state index < -0.39 is 0 Å². The first kappa shape index (κ1) is 17.8. The molecule has 2 N–H and O–H groups in total. The van der Waals surface area contributed by atoms with Crippen molar-refractivity contribution >= 4 is 28.5 Å². The lowest BCUT2D eigenvalue weighted by molar-refractivity contribution is -0.260. The van der Waals surface area contributed by atoms with Gasteiger partial charge in [0, 0.05) is 17.6 Å². The lowest BCUT2D eigenvalue weighted by Gasteiger charge is -2.75. The zero-order chi connectivity index (χ0) is 19.1. The van der Waals surface area contributed by atoms with Crippen LogP contribution in [0.2, 0.25) is 5.02 Å². The zero-order valence-corrected chi connectivity index (χ0v) is 17.2. The van der Waals surface area contributed by atoms with Gasteiger partial charge < -0.3 is 10.3 Å². The van der Waals surface area contributed by atoms with Crippen molar-refractivity contribution in [1.82, 2.24) is 15.3 Å². The predicted molar refractivity (Wildman–Crippen MR) is 105 cm³/mol. The molecule has 3 aliphatic carbocycles. The first-order valence-corrected chi connectivity index (χ1v) is 9.79. The molecule has 0 unspecified atom stereocenters. The summed E-state index contributed by atoms with van der Waals surface area (Å²) in [5.74, 6) is 1.12. The second-order valence-corrected chi connectivity index (χ2v) is 10.4. The summed E-state index contributed by atoms with van der Waals surface area (Å²) in [4.78, 5) is 20.3. The molecule has 3 aliphatic rings. The van der Waals surface area contributed by atoms with Gasteiger partial charge in [0.2, 0.25) is 0 Å². The number of rotatable bonds is 2. The standard InChI is InChI=1S/C21H28ClN3O/c1-19(2)14-10-15(21(5,6)18(19)20(14,3)4)25-17(26)13-9-11-12(22)7-8-23-16(11)24-13/h7-9,14-15,18H,10H2,1-6H3,(H,23,24)(H,25,26)/t14?,15-,18?/m0/s1. The van der Waals surface area contributed by atoms with Crippen molar-refractivity contribution in [2.45, 2.75) is 54.0 Å². The quantitative estimate of drug-likeness (QED) is 0.774. The molecule has 0 radical (unpaired) electrons. The van der Waals surface area contributed by atoms with E-state index >= 15 is 0 Å². The van der Waals surface area contributed by atoms with Crippen molar-refractivity contribution in [2.24, 2.45) is 28.1 Å². The highest BCUT2D eigenvalue weighted by atomic mass is 35.5. The largest absolute Gasteiger partial charge is 0.347 e. The van der Waals surface area contributed by atoms with Gasteiger partial charge in [0.1, 0.15) is 11.3 Å². The minimum atomic E-state index is -0.0750. The first-order valence-electron chi connectivity index (χ1n) is 9.41. The molecule has 5 rings (SSSR count). The lowest BCUT2D eigenvalue weighted by atomic mass is 9.30. The van der Waals surface area contributed by atoms with Crippen LogP contribution in [-0.2, 0) is 0 Å². The Balaban J connectivity index is 1.59. The molecule has 2 aromatic heterocycles. The van der Waals surface area contributed by atoms with E-state index in [-0.39, 0.29) is 17.4 Å². The number of amides is 1. The second-order valence-electron chi connectivity index (χ2n) is 9.95. The number of nitrogens with zero attached hydrogens (tertiary/aromatic N) is 1. The molecule has 2 aromatic rings. The molecule has 26 heavy (non-hydrogen) atoms. The normalized spacial score (nSPS) is 30.7. The van der Waals surface area contributed by atoms with Crippen molar-refractivity contribution < 1.29 is 4.79 Å². The molecule has 2 bridgehead atoms. The number of H-pyrrole nitrogens is 1. The van der Waals surface area contributed by atoms with Gasteiger partial charge in [-0.15, -0.1) is 0 Å². The van der Waals surface area contributed by atoms with Gasteiger partial charge in [-0.1, -0.05) is 53.1 Å². The Labute approximate surface area is 160 Å². The Bertz CT molecular complexity index is 880. The summed E-state index contributed by atoms with van der Waals surface area (Å²) in [5.41, 5.74) is 1.86. The zero-order valence-electron chi connectivity index (χ0n) is 16.4. The van der Waals surface area contributed by atoms with Crippen LogP contribution in [0.1, 0.15) is 58.5 Å². The van der Waals surface area contributed by atoms with Gasteiger partial charge in [0.05, 0.1) is 5.02 Å². The van der Waals surface area contributed by atoms with Crippen LogP contribution in [0.15, 0.2) is 18.3 Å². The van der Waals surface area contributed by atoms with Crippen LogP contribution in [0.5, 0.6) is 0 Å². The average molecular weight is 374 g/mol. The van der Waals surface area contributed by atoms with Crippen LogP contribution in [0.3, 0.4) is 0 Å². The number of nitrogens with one attached hydrogen (secondary N) is 2. The smallest absolute Gasteiger partial charge is 0.268 e. The van der Waals surface area contributed by atoms with Crippen LogP contribution in [0.25, 0.3) is 11.0 Å². The van der Waals surface area contributed by atoms with Gasteiger partial charge >= 0.3 is 0 Å². The fourth-order valence-corrected chi connectivity index (χ4v) is 7.29. The molecular weight excluding hydrogens is 346 g/mol. The summed E-state index contributed by atoms with van der Waals surface area (Å²) in [6, 6.07) is 3.70. The van der Waals surface area contributed by atoms with Crippen molar-refractivity contribution in [2.75, 3.05) is 0 Å². The third-order valence-electron chi connectivity index (χ3n) is 7.43. The van der Waals surface area contributed by atoms with Crippen molar-refractivity contribution in [3.8, 4) is 0 Å². The Kier molecular flexibility index (Phi) is 3.60. The van der Waals surface area contributed by atoms with E-state index in [9.17, 15) is 4.79 Å². The van der Waals surface area contributed by atoms with E-state index in [0.29, 0.717) is 39.0 Å². The molecule has 4 nitrogen and oxygen atoms in total. The first-order chi connectivity index (χ1) is 12.0. The molecule has 3 fully saturated rings. The fraction of sp³-hybridized carbons (Fsp3) is 0.619. The van der Waals surface area contributed by atoms with Crippen molar-refractivity contribution in [3.05, 3.63) is 29.0 Å². The van der Waals surface area contributed by atoms with E-state index in [4.69, 9.17) is 11.6 Å². The summed E-state index contributed by atoms with van der Waals surface area (Å²) in [7, 11) is 0. The third-order valence-corrected chi connectivity index (χ3v) is 7.76. The Morgan fingerprint density at radius 2 is 1.85 bits per heavy atom. The molecule has 140 valence electrons. The molecule has 3 saturated carbocycles. The highest BCUT2D eigenvalue weighted by Gasteiger charge is 2.70.